The molecule has 2 aromatic heterocycles. The first kappa shape index (κ1) is 18.0. The number of nitrogens with zero attached hydrogens (tertiary/aromatic N) is 2. The van der Waals surface area contributed by atoms with Crippen LogP contribution in [0.1, 0.15) is 24.1 Å². The summed E-state index contributed by atoms with van der Waals surface area (Å²) >= 11 is 0. The molecule has 0 aliphatic heterocycles. The number of hydrogen-bond acceptors (Lipinski definition) is 2. The van der Waals surface area contributed by atoms with E-state index in [0.717, 1.165) is 39.5 Å². The highest BCUT2D eigenvalue weighted by Crippen LogP contribution is 2.50. The Hall–Kier alpha value is -3.79. The smallest absolute Gasteiger partial charge is 0.259 e. The summed E-state index contributed by atoms with van der Waals surface area (Å²) in [5.41, 5.74) is 3.67. The van der Waals surface area contributed by atoms with E-state index in [-0.39, 0.29) is 23.3 Å². The Kier molecular flexibility index (Phi) is 4.00. The van der Waals surface area contributed by atoms with Gasteiger partial charge in [0.2, 0.25) is 0 Å². The van der Waals surface area contributed by atoms with Crippen molar-refractivity contribution in [3.8, 4) is 11.1 Å². The fourth-order valence-electron chi connectivity index (χ4n) is 4.53. The quantitative estimate of drug-likeness (QED) is 0.364. The second-order valence-corrected chi connectivity index (χ2v) is 8.14. The molecule has 1 saturated carbocycles. The molecule has 6 rings (SSSR count). The Bertz CT molecular complexity index is 1500. The van der Waals surface area contributed by atoms with Crippen molar-refractivity contribution in [3.63, 3.8) is 0 Å². The van der Waals surface area contributed by atoms with E-state index in [1.54, 1.807) is 12.1 Å². The number of benzene rings is 3. The van der Waals surface area contributed by atoms with Crippen LogP contribution in [0, 0.1) is 5.82 Å². The van der Waals surface area contributed by atoms with Crippen LogP contribution in [0.2, 0.25) is 0 Å². The molecule has 0 amide bonds. The lowest BCUT2D eigenvalue weighted by atomic mass is 9.99. The van der Waals surface area contributed by atoms with E-state index in [2.05, 4.69) is 18.2 Å². The van der Waals surface area contributed by atoms with E-state index >= 15 is 0 Å². The van der Waals surface area contributed by atoms with Crippen molar-refractivity contribution in [2.45, 2.75) is 18.4 Å². The molecular formula is C27H19FN2O. The van der Waals surface area contributed by atoms with Gasteiger partial charge in [-0.1, -0.05) is 54.6 Å². The van der Waals surface area contributed by atoms with Crippen LogP contribution in [0.15, 0.2) is 95.9 Å². The van der Waals surface area contributed by atoms with Crippen LogP contribution in [-0.4, -0.2) is 9.55 Å². The first-order valence-electron chi connectivity index (χ1n) is 10.4. The minimum atomic E-state index is -0.287. The summed E-state index contributed by atoms with van der Waals surface area (Å²) in [5, 5.41) is 2.69. The molecule has 3 aromatic carbocycles. The van der Waals surface area contributed by atoms with Gasteiger partial charge in [0.05, 0.1) is 10.9 Å². The monoisotopic (exact) mass is 406 g/mol. The van der Waals surface area contributed by atoms with E-state index in [9.17, 15) is 9.18 Å². The lowest BCUT2D eigenvalue weighted by molar-refractivity contribution is 0.628. The average molecular weight is 406 g/mol. The Morgan fingerprint density at radius 3 is 2.52 bits per heavy atom. The Labute approximate surface area is 178 Å². The molecule has 3 nitrogen and oxygen atoms in total. The zero-order chi connectivity index (χ0) is 20.9. The standard InChI is InChI=1S/C27H19FN2O/c28-20-11-8-17(9-12-20)21-6-3-5-19-14-15-30(27(31)26(19)21)25-16-22(25)24-13-10-18-4-1-2-7-23(18)29-24/h1-15,22,25H,16H2/t22-,25+/m0/s1. The third-order valence-electron chi connectivity index (χ3n) is 6.23. The summed E-state index contributed by atoms with van der Waals surface area (Å²) in [6, 6.07) is 26.5. The molecule has 0 radical (unpaired) electrons. The van der Waals surface area contributed by atoms with E-state index < -0.39 is 0 Å². The summed E-state index contributed by atoms with van der Waals surface area (Å²) in [6.45, 7) is 0. The number of rotatable bonds is 3. The van der Waals surface area contributed by atoms with Crippen LogP contribution in [0.25, 0.3) is 32.8 Å². The predicted octanol–water partition coefficient (Wildman–Crippen LogP) is 6.08. The van der Waals surface area contributed by atoms with Gasteiger partial charge in [0.25, 0.3) is 5.56 Å². The van der Waals surface area contributed by atoms with Crippen molar-refractivity contribution < 1.29 is 4.39 Å². The Balaban J connectivity index is 1.42. The maximum Gasteiger partial charge on any atom is 0.259 e. The number of pyridine rings is 2. The third-order valence-corrected chi connectivity index (χ3v) is 6.23. The fourth-order valence-corrected chi connectivity index (χ4v) is 4.53. The molecule has 1 aliphatic carbocycles. The molecule has 150 valence electrons. The van der Waals surface area contributed by atoms with Crippen molar-refractivity contribution in [2.75, 3.05) is 0 Å². The van der Waals surface area contributed by atoms with Crippen LogP contribution in [-0.2, 0) is 0 Å². The fraction of sp³-hybridized carbons (Fsp3) is 0.111. The number of fused-ring (bicyclic) bond motifs is 2. The largest absolute Gasteiger partial charge is 0.311 e. The van der Waals surface area contributed by atoms with Gasteiger partial charge in [-0.25, -0.2) is 4.39 Å². The molecular weight excluding hydrogens is 387 g/mol. The number of aromatic nitrogens is 2. The normalized spacial score (nSPS) is 17.8. The van der Waals surface area contributed by atoms with Crippen molar-refractivity contribution >= 4 is 21.7 Å². The van der Waals surface area contributed by atoms with Gasteiger partial charge in [0.1, 0.15) is 5.82 Å². The van der Waals surface area contributed by atoms with Crippen molar-refractivity contribution in [3.05, 3.63) is 113 Å². The molecule has 0 bridgehead atoms. The van der Waals surface area contributed by atoms with E-state index in [4.69, 9.17) is 4.98 Å². The molecule has 31 heavy (non-hydrogen) atoms. The van der Waals surface area contributed by atoms with Gasteiger partial charge < -0.3 is 4.57 Å². The molecule has 0 unspecified atom stereocenters. The van der Waals surface area contributed by atoms with Gasteiger partial charge in [-0.3, -0.25) is 9.78 Å². The van der Waals surface area contributed by atoms with Crippen LogP contribution in [0.5, 0.6) is 0 Å². The minimum absolute atomic E-state index is 0.00860. The van der Waals surface area contributed by atoms with Gasteiger partial charge in [0, 0.05) is 29.2 Å². The molecule has 0 spiro atoms. The highest BCUT2D eigenvalue weighted by Gasteiger charge is 2.41. The van der Waals surface area contributed by atoms with Gasteiger partial charge >= 0.3 is 0 Å². The van der Waals surface area contributed by atoms with Gasteiger partial charge in [0.15, 0.2) is 0 Å². The molecule has 2 atom stereocenters. The second kappa shape index (κ2) is 6.88. The van der Waals surface area contributed by atoms with Gasteiger partial charge in [-0.15, -0.1) is 0 Å². The van der Waals surface area contributed by atoms with Crippen molar-refractivity contribution in [1.29, 1.82) is 0 Å². The summed E-state index contributed by atoms with van der Waals surface area (Å²) in [5.74, 6) is -0.0529. The average Bonchev–Trinajstić information content (AvgIpc) is 3.60. The van der Waals surface area contributed by atoms with Crippen LogP contribution >= 0.6 is 0 Å². The predicted molar refractivity (Wildman–Crippen MR) is 122 cm³/mol. The van der Waals surface area contributed by atoms with Crippen molar-refractivity contribution in [1.82, 2.24) is 9.55 Å². The highest BCUT2D eigenvalue weighted by atomic mass is 19.1. The van der Waals surface area contributed by atoms with Crippen LogP contribution in [0.3, 0.4) is 0 Å². The molecule has 0 N–H and O–H groups in total. The summed E-state index contributed by atoms with van der Waals surface area (Å²) in [7, 11) is 0. The molecule has 5 aromatic rings. The lowest BCUT2D eigenvalue weighted by Crippen LogP contribution is -2.19. The van der Waals surface area contributed by atoms with Crippen LogP contribution < -0.4 is 5.56 Å². The maximum absolute atomic E-state index is 13.5. The SMILES string of the molecule is O=c1c2c(-c3ccc(F)cc3)cccc2ccn1[C@@H]1C[C@H]1c1ccc2ccccc2n1. The van der Waals surface area contributed by atoms with Gasteiger partial charge in [-0.2, -0.15) is 0 Å². The van der Waals surface area contributed by atoms with Crippen LogP contribution in [0.4, 0.5) is 4.39 Å². The topological polar surface area (TPSA) is 34.9 Å². The lowest BCUT2D eigenvalue weighted by Gasteiger charge is -2.11. The molecule has 1 fully saturated rings. The number of para-hydroxylation sites is 1. The van der Waals surface area contributed by atoms with E-state index in [1.807, 2.05) is 53.2 Å². The first-order chi connectivity index (χ1) is 15.2. The number of halogens is 1. The minimum Gasteiger partial charge on any atom is -0.311 e. The van der Waals surface area contributed by atoms with E-state index in [0.29, 0.717) is 5.39 Å². The molecule has 0 saturated heterocycles. The second-order valence-electron chi connectivity index (χ2n) is 8.14. The van der Waals surface area contributed by atoms with E-state index in [1.165, 1.54) is 12.1 Å². The highest BCUT2D eigenvalue weighted by molar-refractivity contribution is 5.96. The molecule has 4 heteroatoms. The Morgan fingerprint density at radius 1 is 0.839 bits per heavy atom. The maximum atomic E-state index is 13.5. The summed E-state index contributed by atoms with van der Waals surface area (Å²) < 4.78 is 15.2. The zero-order valence-electron chi connectivity index (χ0n) is 16.7. The zero-order valence-corrected chi connectivity index (χ0v) is 16.7. The summed E-state index contributed by atoms with van der Waals surface area (Å²) in [4.78, 5) is 18.4. The molecule has 2 heterocycles. The number of hydrogen-bond donors (Lipinski definition) is 0. The van der Waals surface area contributed by atoms with Crippen molar-refractivity contribution in [2.24, 2.45) is 0 Å². The Morgan fingerprint density at radius 2 is 1.65 bits per heavy atom. The first-order valence-corrected chi connectivity index (χ1v) is 10.4. The summed E-state index contributed by atoms with van der Waals surface area (Å²) in [6.07, 6.45) is 2.79. The third kappa shape index (κ3) is 3.03. The molecule has 1 aliphatic rings. The van der Waals surface area contributed by atoms with Gasteiger partial charge in [-0.05, 0) is 53.3 Å².